The van der Waals surface area contributed by atoms with Gasteiger partial charge in [-0.3, -0.25) is 0 Å². The minimum absolute atomic E-state index is 0.00556. The Morgan fingerprint density at radius 2 is 2.00 bits per heavy atom. The van der Waals surface area contributed by atoms with Crippen LogP contribution in [0.1, 0.15) is 34.4 Å². The molecule has 7 heteroatoms. The molecule has 1 N–H and O–H groups in total. The highest BCUT2D eigenvalue weighted by molar-refractivity contribution is 6.35. The summed E-state index contributed by atoms with van der Waals surface area (Å²) in [4.78, 5) is 20.2. The number of aromatic nitrogens is 3. The number of hydrogen-bond acceptors (Lipinski definition) is 3. The van der Waals surface area contributed by atoms with E-state index >= 15 is 0 Å². The molecule has 0 saturated heterocycles. The molecule has 0 fully saturated rings. The summed E-state index contributed by atoms with van der Waals surface area (Å²) in [7, 11) is 0. The molecule has 0 spiro atoms. The van der Waals surface area contributed by atoms with Crippen LogP contribution >= 0.6 is 23.2 Å². The maximum atomic E-state index is 11.3. The molecule has 5 nitrogen and oxygen atoms in total. The average Bonchev–Trinajstić information content (AvgIpc) is 2.88. The van der Waals surface area contributed by atoms with Crippen LogP contribution in [0.4, 0.5) is 0 Å². The molecule has 2 aromatic heterocycles. The van der Waals surface area contributed by atoms with Gasteiger partial charge in [0, 0.05) is 16.5 Å². The van der Waals surface area contributed by atoms with Crippen LogP contribution in [0.3, 0.4) is 0 Å². The molecule has 0 aliphatic heterocycles. The fourth-order valence-electron chi connectivity index (χ4n) is 2.65. The van der Waals surface area contributed by atoms with Crippen LogP contribution in [0.15, 0.2) is 24.3 Å². The SMILES string of the molecule is CCc1nc2c(C)cc(C(=O)O)nc2n1Cc1ccc(Cl)cc1Cl. The molecular formula is C17H15Cl2N3O2. The van der Waals surface area contributed by atoms with E-state index in [9.17, 15) is 9.90 Å². The summed E-state index contributed by atoms with van der Waals surface area (Å²) in [5, 5.41) is 10.4. The zero-order valence-electron chi connectivity index (χ0n) is 13.2. The first-order chi connectivity index (χ1) is 11.4. The lowest BCUT2D eigenvalue weighted by atomic mass is 10.2. The summed E-state index contributed by atoms with van der Waals surface area (Å²) in [5.74, 6) is -0.232. The van der Waals surface area contributed by atoms with E-state index in [1.165, 1.54) is 6.07 Å². The number of aryl methyl sites for hydroxylation is 2. The first kappa shape index (κ1) is 16.7. The highest BCUT2D eigenvalue weighted by atomic mass is 35.5. The van der Waals surface area contributed by atoms with Crippen molar-refractivity contribution in [1.29, 1.82) is 0 Å². The smallest absolute Gasteiger partial charge is 0.354 e. The molecule has 0 saturated carbocycles. The second kappa shape index (κ2) is 6.42. The Hall–Kier alpha value is -2.11. The van der Waals surface area contributed by atoms with Gasteiger partial charge in [-0.2, -0.15) is 0 Å². The fraction of sp³-hybridized carbons (Fsp3) is 0.235. The number of pyridine rings is 1. The first-order valence-corrected chi connectivity index (χ1v) is 8.20. The van der Waals surface area contributed by atoms with Crippen molar-refractivity contribution in [2.45, 2.75) is 26.8 Å². The largest absolute Gasteiger partial charge is 0.477 e. The van der Waals surface area contributed by atoms with Gasteiger partial charge in [0.05, 0.1) is 6.54 Å². The van der Waals surface area contributed by atoms with Gasteiger partial charge >= 0.3 is 5.97 Å². The Morgan fingerprint density at radius 1 is 1.25 bits per heavy atom. The van der Waals surface area contributed by atoms with Crippen molar-refractivity contribution in [2.24, 2.45) is 0 Å². The number of carboxylic acid groups (broad SMARTS) is 1. The number of carboxylic acids is 1. The zero-order chi connectivity index (χ0) is 17.4. The lowest BCUT2D eigenvalue weighted by molar-refractivity contribution is 0.0690. The van der Waals surface area contributed by atoms with Crippen LogP contribution in [-0.4, -0.2) is 25.6 Å². The van der Waals surface area contributed by atoms with E-state index in [0.717, 1.165) is 17.0 Å². The van der Waals surface area contributed by atoms with E-state index in [0.29, 0.717) is 34.2 Å². The normalized spacial score (nSPS) is 11.2. The highest BCUT2D eigenvalue weighted by Crippen LogP contribution is 2.25. The van der Waals surface area contributed by atoms with Crippen molar-refractivity contribution < 1.29 is 9.90 Å². The van der Waals surface area contributed by atoms with E-state index < -0.39 is 5.97 Å². The molecule has 3 aromatic rings. The third kappa shape index (κ3) is 2.97. The molecule has 0 aliphatic carbocycles. The number of carbonyl (C=O) groups is 1. The fourth-order valence-corrected chi connectivity index (χ4v) is 3.12. The molecule has 3 rings (SSSR count). The summed E-state index contributed by atoms with van der Waals surface area (Å²) in [5.41, 5.74) is 2.92. The quantitative estimate of drug-likeness (QED) is 0.747. The molecule has 0 aliphatic rings. The molecule has 0 bridgehead atoms. The number of hydrogen-bond donors (Lipinski definition) is 1. The van der Waals surface area contributed by atoms with Crippen LogP contribution in [-0.2, 0) is 13.0 Å². The molecular weight excluding hydrogens is 349 g/mol. The highest BCUT2D eigenvalue weighted by Gasteiger charge is 2.17. The molecule has 0 amide bonds. The molecule has 2 heterocycles. The van der Waals surface area contributed by atoms with Crippen LogP contribution in [0.5, 0.6) is 0 Å². The lowest BCUT2D eigenvalue weighted by Gasteiger charge is -2.10. The number of halogens is 2. The Labute approximate surface area is 148 Å². The van der Waals surface area contributed by atoms with Crippen molar-refractivity contribution in [3.63, 3.8) is 0 Å². The molecule has 0 radical (unpaired) electrons. The average molecular weight is 364 g/mol. The van der Waals surface area contributed by atoms with Gasteiger partial charge in [0.25, 0.3) is 0 Å². The Balaban J connectivity index is 2.19. The third-order valence-corrected chi connectivity index (χ3v) is 4.44. The minimum atomic E-state index is -1.06. The van der Waals surface area contributed by atoms with Gasteiger partial charge in [-0.15, -0.1) is 0 Å². The van der Waals surface area contributed by atoms with Gasteiger partial charge < -0.3 is 9.67 Å². The number of imidazole rings is 1. The van der Waals surface area contributed by atoms with Crippen molar-refractivity contribution in [3.8, 4) is 0 Å². The molecule has 1 aromatic carbocycles. The van der Waals surface area contributed by atoms with E-state index in [1.807, 2.05) is 24.5 Å². The van der Waals surface area contributed by atoms with Crippen molar-refractivity contribution in [1.82, 2.24) is 14.5 Å². The minimum Gasteiger partial charge on any atom is -0.477 e. The van der Waals surface area contributed by atoms with Gasteiger partial charge in [0.15, 0.2) is 11.3 Å². The second-order valence-electron chi connectivity index (χ2n) is 5.51. The summed E-state index contributed by atoms with van der Waals surface area (Å²) in [6, 6.07) is 6.85. The van der Waals surface area contributed by atoms with Gasteiger partial charge in [-0.05, 0) is 36.2 Å². The number of fused-ring (bicyclic) bond motifs is 1. The third-order valence-electron chi connectivity index (χ3n) is 3.85. The topological polar surface area (TPSA) is 68.0 Å². The maximum Gasteiger partial charge on any atom is 0.354 e. The lowest BCUT2D eigenvalue weighted by Crippen LogP contribution is -2.08. The number of aromatic carboxylic acids is 1. The zero-order valence-corrected chi connectivity index (χ0v) is 14.7. The summed E-state index contributed by atoms with van der Waals surface area (Å²) < 4.78 is 1.91. The van der Waals surface area contributed by atoms with Gasteiger partial charge in [0.2, 0.25) is 0 Å². The van der Waals surface area contributed by atoms with Gasteiger partial charge in [-0.1, -0.05) is 36.2 Å². The monoisotopic (exact) mass is 363 g/mol. The van der Waals surface area contributed by atoms with Gasteiger partial charge in [-0.25, -0.2) is 14.8 Å². The number of rotatable bonds is 4. The van der Waals surface area contributed by atoms with Crippen molar-refractivity contribution in [3.05, 3.63) is 57.0 Å². The van der Waals surface area contributed by atoms with Crippen molar-refractivity contribution >= 4 is 40.3 Å². The van der Waals surface area contributed by atoms with E-state index in [1.54, 1.807) is 12.1 Å². The number of nitrogens with zero attached hydrogens (tertiary/aromatic N) is 3. The van der Waals surface area contributed by atoms with Crippen LogP contribution in [0.2, 0.25) is 10.0 Å². The summed E-state index contributed by atoms with van der Waals surface area (Å²) in [6.45, 7) is 4.28. The standard InChI is InChI=1S/C17H15Cl2N3O2/c1-3-14-21-15-9(2)6-13(17(23)24)20-16(15)22(14)8-10-4-5-11(18)7-12(10)19/h4-7H,3,8H2,1-2H3,(H,23,24). The summed E-state index contributed by atoms with van der Waals surface area (Å²) >= 11 is 12.2. The van der Waals surface area contributed by atoms with Crippen LogP contribution in [0.25, 0.3) is 11.2 Å². The van der Waals surface area contributed by atoms with Crippen LogP contribution < -0.4 is 0 Å². The molecule has 0 unspecified atom stereocenters. The predicted octanol–water partition coefficient (Wildman–Crippen LogP) is 4.36. The molecule has 0 atom stereocenters. The first-order valence-electron chi connectivity index (χ1n) is 7.44. The van der Waals surface area contributed by atoms with E-state index in [4.69, 9.17) is 23.2 Å². The van der Waals surface area contributed by atoms with Gasteiger partial charge in [0.1, 0.15) is 11.3 Å². The van der Waals surface area contributed by atoms with E-state index in [2.05, 4.69) is 9.97 Å². The molecule has 124 valence electrons. The Bertz CT molecular complexity index is 951. The maximum absolute atomic E-state index is 11.3. The molecule has 24 heavy (non-hydrogen) atoms. The Kier molecular flexibility index (Phi) is 4.47. The second-order valence-corrected chi connectivity index (χ2v) is 6.35. The Morgan fingerprint density at radius 3 is 2.62 bits per heavy atom. The van der Waals surface area contributed by atoms with Crippen molar-refractivity contribution in [2.75, 3.05) is 0 Å². The van der Waals surface area contributed by atoms with Crippen LogP contribution in [0, 0.1) is 6.92 Å². The van der Waals surface area contributed by atoms with E-state index in [-0.39, 0.29) is 5.69 Å². The number of benzene rings is 1. The predicted molar refractivity (Wildman–Crippen MR) is 94.2 cm³/mol. The summed E-state index contributed by atoms with van der Waals surface area (Å²) in [6.07, 6.45) is 0.698.